The topological polar surface area (TPSA) is 43.4 Å². The van der Waals surface area contributed by atoms with Gasteiger partial charge in [-0.25, -0.2) is 0 Å². The van der Waals surface area contributed by atoms with Crippen molar-refractivity contribution in [3.8, 4) is 0 Å². The summed E-state index contributed by atoms with van der Waals surface area (Å²) in [5, 5.41) is 0. The Balaban J connectivity index is 1.49. The van der Waals surface area contributed by atoms with Crippen molar-refractivity contribution in [3.63, 3.8) is 0 Å². The van der Waals surface area contributed by atoms with Gasteiger partial charge in [0, 0.05) is 25.7 Å². The standard InChI is InChI=1S/C29H46O3/c1-18(2)7-12-27(31)19(3)24-10-11-25-23-9-8-21-17-22(32-20(4)30)13-15-28(21,5)26(23)14-16-29(24,25)6/h8,18-19,22-26H,7,9-17H2,1-6H3. The van der Waals surface area contributed by atoms with E-state index in [1.165, 1.54) is 39.0 Å². The SMILES string of the molecule is CC(=O)OC1CCC2(C)C(=CCC3C2CCC2(C)C(C(C)C(=O)CCC(C)C)CCC32)C1. The van der Waals surface area contributed by atoms with E-state index in [1.54, 1.807) is 5.57 Å². The molecule has 4 rings (SSSR count). The van der Waals surface area contributed by atoms with Crippen molar-refractivity contribution < 1.29 is 14.3 Å². The van der Waals surface area contributed by atoms with Gasteiger partial charge in [0.2, 0.25) is 0 Å². The van der Waals surface area contributed by atoms with Crippen LogP contribution in [0.5, 0.6) is 0 Å². The van der Waals surface area contributed by atoms with Gasteiger partial charge in [0.05, 0.1) is 0 Å². The van der Waals surface area contributed by atoms with Crippen molar-refractivity contribution in [1.29, 1.82) is 0 Å². The molecule has 0 aliphatic heterocycles. The lowest BCUT2D eigenvalue weighted by atomic mass is 9.47. The Morgan fingerprint density at radius 2 is 1.81 bits per heavy atom. The molecule has 0 aromatic carbocycles. The zero-order chi connectivity index (χ0) is 23.3. The van der Waals surface area contributed by atoms with Crippen LogP contribution in [0, 0.1) is 46.3 Å². The molecular formula is C29H46O3. The summed E-state index contributed by atoms with van der Waals surface area (Å²) in [5.74, 6) is 4.02. The van der Waals surface area contributed by atoms with Crippen molar-refractivity contribution >= 4 is 11.8 Å². The molecule has 3 fully saturated rings. The fraction of sp³-hybridized carbons (Fsp3) is 0.862. The highest BCUT2D eigenvalue weighted by atomic mass is 16.5. The van der Waals surface area contributed by atoms with Crippen LogP contribution >= 0.6 is 0 Å². The lowest BCUT2D eigenvalue weighted by Gasteiger charge is -2.58. The van der Waals surface area contributed by atoms with Gasteiger partial charge in [-0.3, -0.25) is 9.59 Å². The summed E-state index contributed by atoms with van der Waals surface area (Å²) in [6.45, 7) is 13.3. The van der Waals surface area contributed by atoms with Crippen LogP contribution in [0.25, 0.3) is 0 Å². The first-order valence-electron chi connectivity index (χ1n) is 13.5. The van der Waals surface area contributed by atoms with Gasteiger partial charge in [-0.1, -0.05) is 46.3 Å². The smallest absolute Gasteiger partial charge is 0.302 e. The second kappa shape index (κ2) is 8.91. The molecule has 8 unspecified atom stereocenters. The van der Waals surface area contributed by atoms with Gasteiger partial charge in [-0.15, -0.1) is 0 Å². The van der Waals surface area contributed by atoms with Crippen LogP contribution in [-0.4, -0.2) is 17.9 Å². The fourth-order valence-electron chi connectivity index (χ4n) is 8.71. The molecule has 4 aliphatic rings. The number of carbonyl (C=O) groups excluding carboxylic acids is 2. The first-order chi connectivity index (χ1) is 15.1. The van der Waals surface area contributed by atoms with Crippen LogP contribution in [0.15, 0.2) is 11.6 Å². The van der Waals surface area contributed by atoms with Crippen molar-refractivity contribution in [2.45, 2.75) is 112 Å². The Kier molecular flexibility index (Phi) is 6.69. The van der Waals surface area contributed by atoms with Gasteiger partial charge >= 0.3 is 5.97 Å². The summed E-state index contributed by atoms with van der Waals surface area (Å²) in [6.07, 6.45) is 13.8. The minimum Gasteiger partial charge on any atom is -0.462 e. The Hall–Kier alpha value is -1.12. The van der Waals surface area contributed by atoms with Crippen LogP contribution < -0.4 is 0 Å². The van der Waals surface area contributed by atoms with E-state index in [9.17, 15) is 9.59 Å². The van der Waals surface area contributed by atoms with Crippen molar-refractivity contribution in [3.05, 3.63) is 11.6 Å². The molecule has 4 aliphatic carbocycles. The minimum atomic E-state index is -0.143. The van der Waals surface area contributed by atoms with Crippen molar-refractivity contribution in [1.82, 2.24) is 0 Å². The fourth-order valence-corrected chi connectivity index (χ4v) is 8.71. The van der Waals surface area contributed by atoms with Crippen LogP contribution in [0.4, 0.5) is 0 Å². The summed E-state index contributed by atoms with van der Waals surface area (Å²) in [7, 11) is 0. The lowest BCUT2D eigenvalue weighted by Crippen LogP contribution is -2.51. The van der Waals surface area contributed by atoms with E-state index in [-0.39, 0.29) is 23.4 Å². The summed E-state index contributed by atoms with van der Waals surface area (Å²) >= 11 is 0. The second-order valence-corrected chi connectivity index (χ2v) is 12.6. The van der Waals surface area contributed by atoms with Crippen molar-refractivity contribution in [2.75, 3.05) is 0 Å². The lowest BCUT2D eigenvalue weighted by molar-refractivity contribution is -0.148. The summed E-state index contributed by atoms with van der Waals surface area (Å²) in [4.78, 5) is 24.5. The molecule has 3 heteroatoms. The van der Waals surface area contributed by atoms with E-state index in [2.05, 4.69) is 40.7 Å². The number of allylic oxidation sites excluding steroid dienone is 1. The highest BCUT2D eigenvalue weighted by Gasteiger charge is 2.59. The number of fused-ring (bicyclic) bond motifs is 5. The molecule has 0 aromatic rings. The molecule has 0 saturated heterocycles. The molecule has 32 heavy (non-hydrogen) atoms. The molecule has 180 valence electrons. The molecule has 3 nitrogen and oxygen atoms in total. The summed E-state index contributed by atoms with van der Waals surface area (Å²) < 4.78 is 5.59. The molecule has 0 amide bonds. The zero-order valence-corrected chi connectivity index (χ0v) is 21.4. The van der Waals surface area contributed by atoms with Gasteiger partial charge in [0.15, 0.2) is 0 Å². The molecule has 0 heterocycles. The molecule has 0 radical (unpaired) electrons. The third-order valence-corrected chi connectivity index (χ3v) is 10.5. The number of ketones is 1. The minimum absolute atomic E-state index is 0.0748. The molecule has 0 bridgehead atoms. The van der Waals surface area contributed by atoms with E-state index < -0.39 is 0 Å². The normalized spacial score (nSPS) is 41.8. The second-order valence-electron chi connectivity index (χ2n) is 12.6. The van der Waals surface area contributed by atoms with E-state index >= 15 is 0 Å². The van der Waals surface area contributed by atoms with Crippen LogP contribution in [-0.2, 0) is 14.3 Å². The monoisotopic (exact) mass is 442 g/mol. The third-order valence-electron chi connectivity index (χ3n) is 10.5. The van der Waals surface area contributed by atoms with E-state index in [0.717, 1.165) is 49.9 Å². The first kappa shape index (κ1) is 24.0. The van der Waals surface area contributed by atoms with Crippen LogP contribution in [0.3, 0.4) is 0 Å². The molecule has 0 N–H and O–H groups in total. The van der Waals surface area contributed by atoms with Gasteiger partial charge in [0.25, 0.3) is 0 Å². The Labute approximate surface area is 196 Å². The average molecular weight is 443 g/mol. The van der Waals surface area contributed by atoms with E-state index in [0.29, 0.717) is 23.0 Å². The number of Topliss-reactive ketones (excluding diaryl/α,β-unsaturated/α-hetero) is 1. The molecule has 8 atom stereocenters. The molecular weight excluding hydrogens is 396 g/mol. The van der Waals surface area contributed by atoms with E-state index in [4.69, 9.17) is 4.74 Å². The highest BCUT2D eigenvalue weighted by Crippen LogP contribution is 2.67. The maximum absolute atomic E-state index is 13.0. The van der Waals surface area contributed by atoms with Crippen molar-refractivity contribution in [2.24, 2.45) is 46.3 Å². The van der Waals surface area contributed by atoms with Gasteiger partial charge in [-0.2, -0.15) is 0 Å². The Morgan fingerprint density at radius 3 is 2.50 bits per heavy atom. The average Bonchev–Trinajstić information content (AvgIpc) is 3.08. The number of ether oxygens (including phenoxy) is 1. The summed E-state index contributed by atoms with van der Waals surface area (Å²) in [5.41, 5.74) is 2.16. The van der Waals surface area contributed by atoms with Crippen LogP contribution in [0.1, 0.15) is 106 Å². The predicted octanol–water partition coefficient (Wildman–Crippen LogP) is 7.14. The maximum Gasteiger partial charge on any atom is 0.302 e. The predicted molar refractivity (Wildman–Crippen MR) is 129 cm³/mol. The number of rotatable bonds is 6. The number of hydrogen-bond acceptors (Lipinski definition) is 3. The number of hydrogen-bond donors (Lipinski definition) is 0. The zero-order valence-electron chi connectivity index (χ0n) is 21.4. The van der Waals surface area contributed by atoms with Gasteiger partial charge in [-0.05, 0) is 91.8 Å². The molecule has 3 saturated carbocycles. The van der Waals surface area contributed by atoms with Crippen LogP contribution in [0.2, 0.25) is 0 Å². The maximum atomic E-state index is 13.0. The quantitative estimate of drug-likeness (QED) is 0.324. The largest absolute Gasteiger partial charge is 0.462 e. The molecule has 0 spiro atoms. The van der Waals surface area contributed by atoms with E-state index in [1.807, 2.05) is 0 Å². The van der Waals surface area contributed by atoms with Gasteiger partial charge in [0.1, 0.15) is 11.9 Å². The third kappa shape index (κ3) is 4.11. The highest BCUT2D eigenvalue weighted by molar-refractivity contribution is 5.81. The first-order valence-corrected chi connectivity index (χ1v) is 13.5. The molecule has 0 aromatic heterocycles. The number of esters is 1. The Morgan fingerprint density at radius 1 is 1.06 bits per heavy atom. The number of carbonyl (C=O) groups is 2. The van der Waals surface area contributed by atoms with Gasteiger partial charge < -0.3 is 4.74 Å². The summed E-state index contributed by atoms with van der Waals surface area (Å²) in [6, 6.07) is 0. The Bertz CT molecular complexity index is 766.